The summed E-state index contributed by atoms with van der Waals surface area (Å²) >= 11 is 0. The van der Waals surface area contributed by atoms with Crippen molar-refractivity contribution in [2.45, 2.75) is 38.6 Å². The van der Waals surface area contributed by atoms with Crippen LogP contribution in [0, 0.1) is 16.0 Å². The minimum atomic E-state index is -0.959. The summed E-state index contributed by atoms with van der Waals surface area (Å²) in [6.07, 6.45) is 3.68. The van der Waals surface area contributed by atoms with Crippen molar-refractivity contribution in [2.24, 2.45) is 5.92 Å². The van der Waals surface area contributed by atoms with Crippen LogP contribution >= 0.6 is 0 Å². The molecule has 1 aliphatic heterocycles. The van der Waals surface area contributed by atoms with Crippen LogP contribution in [0.15, 0.2) is 18.2 Å². The van der Waals surface area contributed by atoms with E-state index in [-0.39, 0.29) is 29.7 Å². The third kappa shape index (κ3) is 3.79. The van der Waals surface area contributed by atoms with Gasteiger partial charge in [0.2, 0.25) is 0 Å². The lowest BCUT2D eigenvalue weighted by Crippen LogP contribution is -2.38. The van der Waals surface area contributed by atoms with Crippen LogP contribution in [-0.4, -0.2) is 52.5 Å². The van der Waals surface area contributed by atoms with Crippen LogP contribution in [0.4, 0.5) is 11.4 Å². The normalized spacial score (nSPS) is 17.8. The molecule has 1 amide bonds. The molecule has 3 rings (SSSR count). The molecule has 26 heavy (non-hydrogen) atoms. The fraction of sp³-hybridized carbons (Fsp3) is 0.556. The number of benzene rings is 1. The van der Waals surface area contributed by atoms with E-state index in [1.807, 2.05) is 4.90 Å². The molecule has 1 N–H and O–H groups in total. The number of carboxylic acids is 1. The number of rotatable bonds is 7. The maximum atomic E-state index is 12.9. The number of carboxylic acid groups (broad SMARTS) is 1. The van der Waals surface area contributed by atoms with Crippen molar-refractivity contribution in [3.63, 3.8) is 0 Å². The molecule has 0 radical (unpaired) electrons. The third-order valence-corrected chi connectivity index (χ3v) is 5.01. The maximum absolute atomic E-state index is 12.9. The number of hydrogen-bond acceptors (Lipinski definition) is 5. The molecule has 1 saturated carbocycles. The summed E-state index contributed by atoms with van der Waals surface area (Å²) in [5, 5.41) is 20.6. The highest BCUT2D eigenvalue weighted by Gasteiger charge is 2.35. The number of anilines is 1. The van der Waals surface area contributed by atoms with Gasteiger partial charge in [0.05, 0.1) is 10.8 Å². The molecule has 1 aliphatic carbocycles. The van der Waals surface area contributed by atoms with Crippen LogP contribution in [0.3, 0.4) is 0 Å². The Bertz CT molecular complexity index is 726. The molecule has 1 heterocycles. The van der Waals surface area contributed by atoms with Gasteiger partial charge >= 0.3 is 5.97 Å². The smallest absolute Gasteiger partial charge is 0.308 e. The van der Waals surface area contributed by atoms with Crippen LogP contribution in [0.2, 0.25) is 0 Å². The van der Waals surface area contributed by atoms with Crippen molar-refractivity contribution in [1.29, 1.82) is 0 Å². The van der Waals surface area contributed by atoms with Gasteiger partial charge in [0.1, 0.15) is 5.69 Å². The number of hydrogen-bond donors (Lipinski definition) is 1. The summed E-state index contributed by atoms with van der Waals surface area (Å²) in [7, 11) is 0. The Labute approximate surface area is 151 Å². The molecule has 8 nitrogen and oxygen atoms in total. The molecule has 1 atom stereocenters. The zero-order chi connectivity index (χ0) is 18.8. The summed E-state index contributed by atoms with van der Waals surface area (Å²) in [5.74, 6) is -1.98. The molecule has 0 bridgehead atoms. The van der Waals surface area contributed by atoms with Gasteiger partial charge in [-0.1, -0.05) is 6.92 Å². The molecule has 1 aromatic rings. The molecule has 2 aliphatic rings. The van der Waals surface area contributed by atoms with E-state index in [1.54, 1.807) is 24.0 Å². The Kier molecular flexibility index (Phi) is 5.11. The lowest BCUT2D eigenvalue weighted by atomic mass is 10.1. The zero-order valence-corrected chi connectivity index (χ0v) is 14.8. The Balaban J connectivity index is 1.86. The minimum absolute atomic E-state index is 0.0293. The number of carbonyl (C=O) groups is 2. The minimum Gasteiger partial charge on any atom is -0.481 e. The van der Waals surface area contributed by atoms with Gasteiger partial charge in [-0.25, -0.2) is 0 Å². The SMILES string of the molecule is CC(CN(C(=O)c1ccc(N2CCCC2)c([N+](=O)[O-])c1)C1CC1)C(=O)O. The highest BCUT2D eigenvalue weighted by atomic mass is 16.6. The van der Waals surface area contributed by atoms with Crippen molar-refractivity contribution in [3.8, 4) is 0 Å². The van der Waals surface area contributed by atoms with Crippen LogP contribution in [-0.2, 0) is 4.79 Å². The number of nitrogens with zero attached hydrogens (tertiary/aromatic N) is 3. The second-order valence-electron chi connectivity index (χ2n) is 7.08. The van der Waals surface area contributed by atoms with Gasteiger partial charge in [-0.3, -0.25) is 19.7 Å². The van der Waals surface area contributed by atoms with Gasteiger partial charge in [0, 0.05) is 37.3 Å². The topological polar surface area (TPSA) is 104 Å². The van der Waals surface area contributed by atoms with Gasteiger partial charge in [0.25, 0.3) is 11.6 Å². The second-order valence-corrected chi connectivity index (χ2v) is 7.08. The van der Waals surface area contributed by atoms with Crippen molar-refractivity contribution >= 4 is 23.3 Å². The first-order valence-corrected chi connectivity index (χ1v) is 8.95. The van der Waals surface area contributed by atoms with Crippen LogP contribution < -0.4 is 4.90 Å². The summed E-state index contributed by atoms with van der Waals surface area (Å²) < 4.78 is 0. The predicted octanol–water partition coefficient (Wildman–Crippen LogP) is 2.52. The van der Waals surface area contributed by atoms with Gasteiger partial charge in [0.15, 0.2) is 0 Å². The van der Waals surface area contributed by atoms with E-state index in [2.05, 4.69) is 0 Å². The summed E-state index contributed by atoms with van der Waals surface area (Å²) in [5.41, 5.74) is 0.713. The van der Waals surface area contributed by atoms with E-state index in [9.17, 15) is 19.7 Å². The Morgan fingerprint density at radius 3 is 2.54 bits per heavy atom. The van der Waals surface area contributed by atoms with Gasteiger partial charge < -0.3 is 14.9 Å². The maximum Gasteiger partial charge on any atom is 0.308 e. The molecule has 1 saturated heterocycles. The van der Waals surface area contributed by atoms with Crippen LogP contribution in [0.1, 0.15) is 43.0 Å². The quantitative estimate of drug-likeness (QED) is 0.591. The number of amides is 1. The van der Waals surface area contributed by atoms with E-state index in [4.69, 9.17) is 5.11 Å². The van der Waals surface area contributed by atoms with Crippen molar-refractivity contribution in [2.75, 3.05) is 24.5 Å². The number of nitro benzene ring substituents is 1. The first-order chi connectivity index (χ1) is 12.4. The largest absolute Gasteiger partial charge is 0.481 e. The van der Waals surface area contributed by atoms with Crippen molar-refractivity contribution in [3.05, 3.63) is 33.9 Å². The first kappa shape index (κ1) is 18.2. The van der Waals surface area contributed by atoms with E-state index in [0.717, 1.165) is 38.8 Å². The van der Waals surface area contributed by atoms with E-state index in [0.29, 0.717) is 5.69 Å². The summed E-state index contributed by atoms with van der Waals surface area (Å²) in [6.45, 7) is 3.22. The molecule has 0 aromatic heterocycles. The van der Waals surface area contributed by atoms with E-state index in [1.165, 1.54) is 6.07 Å². The Morgan fingerprint density at radius 2 is 2.00 bits per heavy atom. The number of carbonyl (C=O) groups excluding carboxylic acids is 1. The molecular formula is C18H23N3O5. The standard InChI is InChI=1S/C18H23N3O5/c1-12(18(23)24)11-20(14-5-6-14)17(22)13-4-7-15(16(10-13)21(25)26)19-8-2-3-9-19/h4,7,10,12,14H,2-3,5-6,8-9,11H2,1H3,(H,23,24). The highest BCUT2D eigenvalue weighted by Crippen LogP contribution is 2.34. The van der Waals surface area contributed by atoms with E-state index < -0.39 is 16.8 Å². The van der Waals surface area contributed by atoms with Crippen LogP contribution in [0.5, 0.6) is 0 Å². The molecule has 2 fully saturated rings. The number of aliphatic carboxylic acids is 1. The van der Waals surface area contributed by atoms with Crippen LogP contribution in [0.25, 0.3) is 0 Å². The third-order valence-electron chi connectivity index (χ3n) is 5.01. The van der Waals surface area contributed by atoms with Gasteiger partial charge in [-0.15, -0.1) is 0 Å². The molecule has 0 spiro atoms. The van der Waals surface area contributed by atoms with Gasteiger partial charge in [-0.05, 0) is 37.8 Å². The lowest BCUT2D eigenvalue weighted by molar-refractivity contribution is -0.384. The molecule has 140 valence electrons. The fourth-order valence-corrected chi connectivity index (χ4v) is 3.35. The fourth-order valence-electron chi connectivity index (χ4n) is 3.35. The Hall–Kier alpha value is -2.64. The molecule has 1 unspecified atom stereocenters. The van der Waals surface area contributed by atoms with Crippen molar-refractivity contribution < 1.29 is 19.6 Å². The zero-order valence-electron chi connectivity index (χ0n) is 14.8. The highest BCUT2D eigenvalue weighted by molar-refractivity contribution is 5.96. The monoisotopic (exact) mass is 361 g/mol. The predicted molar refractivity (Wildman–Crippen MR) is 95.4 cm³/mol. The average molecular weight is 361 g/mol. The molecular weight excluding hydrogens is 338 g/mol. The first-order valence-electron chi connectivity index (χ1n) is 8.95. The average Bonchev–Trinajstić information content (AvgIpc) is 3.31. The summed E-state index contributed by atoms with van der Waals surface area (Å²) in [4.78, 5) is 38.6. The van der Waals surface area contributed by atoms with Gasteiger partial charge in [-0.2, -0.15) is 0 Å². The summed E-state index contributed by atoms with van der Waals surface area (Å²) in [6, 6.07) is 4.62. The van der Waals surface area contributed by atoms with Crippen molar-refractivity contribution in [1.82, 2.24) is 4.90 Å². The number of nitro groups is 1. The molecule has 1 aromatic carbocycles. The lowest BCUT2D eigenvalue weighted by Gasteiger charge is -2.25. The second kappa shape index (κ2) is 7.31. The van der Waals surface area contributed by atoms with E-state index >= 15 is 0 Å². The molecule has 8 heteroatoms. The Morgan fingerprint density at radius 1 is 1.35 bits per heavy atom.